The molecule has 16 heavy (non-hydrogen) atoms. The van der Waals surface area contributed by atoms with Gasteiger partial charge in [-0.25, -0.2) is 0 Å². The summed E-state index contributed by atoms with van der Waals surface area (Å²) in [6.07, 6.45) is 9.50. The summed E-state index contributed by atoms with van der Waals surface area (Å²) in [5.74, 6) is 0.938. The molecule has 0 aliphatic rings. The smallest absolute Gasteiger partial charge is 0.119 e. The standard InChI is InChI=1S/C15H22O/c1-4-5-6-7-8-9-14-10-13(2)11-15(12-14)16-3/h8-12H,4-7H2,1-3H3. The third-order valence-electron chi connectivity index (χ3n) is 2.59. The molecule has 88 valence electrons. The number of rotatable bonds is 6. The van der Waals surface area contributed by atoms with Crippen molar-refractivity contribution in [3.05, 3.63) is 35.4 Å². The molecule has 1 rings (SSSR count). The van der Waals surface area contributed by atoms with Crippen molar-refractivity contribution < 1.29 is 4.74 Å². The fourth-order valence-electron chi connectivity index (χ4n) is 1.72. The lowest BCUT2D eigenvalue weighted by Gasteiger charge is -2.03. The van der Waals surface area contributed by atoms with Crippen LogP contribution in [0.2, 0.25) is 0 Å². The summed E-state index contributed by atoms with van der Waals surface area (Å²) in [5, 5.41) is 0. The molecule has 0 heterocycles. The van der Waals surface area contributed by atoms with Crippen molar-refractivity contribution >= 4 is 6.08 Å². The number of ether oxygens (including phenoxy) is 1. The second kappa shape index (κ2) is 7.10. The first kappa shape index (κ1) is 12.8. The first-order chi connectivity index (χ1) is 7.76. The number of unbranched alkanes of at least 4 members (excludes halogenated alkanes) is 3. The van der Waals surface area contributed by atoms with Crippen LogP contribution in [0.3, 0.4) is 0 Å². The van der Waals surface area contributed by atoms with Gasteiger partial charge >= 0.3 is 0 Å². The fraction of sp³-hybridized carbons (Fsp3) is 0.467. The molecule has 1 aromatic rings. The van der Waals surface area contributed by atoms with Crippen LogP contribution in [0.1, 0.15) is 43.7 Å². The molecular weight excluding hydrogens is 196 g/mol. The topological polar surface area (TPSA) is 9.23 Å². The van der Waals surface area contributed by atoms with Gasteiger partial charge < -0.3 is 4.74 Å². The maximum absolute atomic E-state index is 5.25. The van der Waals surface area contributed by atoms with Gasteiger partial charge in [-0.1, -0.05) is 38.0 Å². The SMILES string of the molecule is CCCCCC=Cc1cc(C)cc(OC)c1. The second-order valence-electron chi connectivity index (χ2n) is 4.18. The minimum Gasteiger partial charge on any atom is -0.497 e. The molecule has 0 bridgehead atoms. The third kappa shape index (κ3) is 4.52. The minimum absolute atomic E-state index is 0.938. The summed E-state index contributed by atoms with van der Waals surface area (Å²) in [4.78, 5) is 0. The van der Waals surface area contributed by atoms with Crippen LogP contribution in [0, 0.1) is 6.92 Å². The second-order valence-corrected chi connectivity index (χ2v) is 4.18. The zero-order chi connectivity index (χ0) is 11.8. The number of allylic oxidation sites excluding steroid dienone is 1. The van der Waals surface area contributed by atoms with Crippen molar-refractivity contribution in [1.29, 1.82) is 0 Å². The van der Waals surface area contributed by atoms with Gasteiger partial charge in [-0.3, -0.25) is 0 Å². The Morgan fingerprint density at radius 1 is 1.19 bits per heavy atom. The highest BCUT2D eigenvalue weighted by atomic mass is 16.5. The summed E-state index contributed by atoms with van der Waals surface area (Å²) in [5.41, 5.74) is 2.47. The van der Waals surface area contributed by atoms with Gasteiger partial charge in [0.1, 0.15) is 5.75 Å². The van der Waals surface area contributed by atoms with Gasteiger partial charge in [-0.2, -0.15) is 0 Å². The molecule has 0 aliphatic carbocycles. The largest absolute Gasteiger partial charge is 0.497 e. The Hall–Kier alpha value is -1.24. The van der Waals surface area contributed by atoms with E-state index in [0.29, 0.717) is 0 Å². The van der Waals surface area contributed by atoms with Crippen molar-refractivity contribution in [2.75, 3.05) is 7.11 Å². The summed E-state index contributed by atoms with van der Waals surface area (Å²) in [6, 6.07) is 6.30. The molecule has 0 unspecified atom stereocenters. The van der Waals surface area contributed by atoms with Crippen LogP contribution in [0.5, 0.6) is 5.75 Å². The molecule has 0 aromatic heterocycles. The molecule has 1 heteroatoms. The summed E-state index contributed by atoms with van der Waals surface area (Å²) in [6.45, 7) is 4.33. The van der Waals surface area contributed by atoms with E-state index in [-0.39, 0.29) is 0 Å². The van der Waals surface area contributed by atoms with Gasteiger partial charge in [0.05, 0.1) is 7.11 Å². The minimum atomic E-state index is 0.938. The molecular formula is C15H22O. The predicted octanol–water partition coefficient (Wildman–Crippen LogP) is 4.60. The Kier molecular flexibility index (Phi) is 5.69. The number of methoxy groups -OCH3 is 1. The predicted molar refractivity (Wildman–Crippen MR) is 70.9 cm³/mol. The van der Waals surface area contributed by atoms with Crippen LogP contribution >= 0.6 is 0 Å². The lowest BCUT2D eigenvalue weighted by molar-refractivity contribution is 0.414. The molecule has 1 nitrogen and oxygen atoms in total. The lowest BCUT2D eigenvalue weighted by Crippen LogP contribution is -1.85. The van der Waals surface area contributed by atoms with Crippen molar-refractivity contribution in [1.82, 2.24) is 0 Å². The van der Waals surface area contributed by atoms with Crippen molar-refractivity contribution in [3.8, 4) is 5.75 Å². The Bertz CT molecular complexity index is 339. The van der Waals surface area contributed by atoms with Crippen LogP contribution in [-0.2, 0) is 0 Å². The third-order valence-corrected chi connectivity index (χ3v) is 2.59. The molecule has 0 atom stereocenters. The Morgan fingerprint density at radius 2 is 2.00 bits per heavy atom. The average Bonchev–Trinajstić information content (AvgIpc) is 2.28. The summed E-state index contributed by atoms with van der Waals surface area (Å²) < 4.78 is 5.25. The maximum atomic E-state index is 5.25. The quantitative estimate of drug-likeness (QED) is 0.634. The van der Waals surface area contributed by atoms with Crippen LogP contribution in [0.25, 0.3) is 6.08 Å². The summed E-state index contributed by atoms with van der Waals surface area (Å²) >= 11 is 0. The molecule has 0 N–H and O–H groups in total. The van der Waals surface area contributed by atoms with E-state index < -0.39 is 0 Å². The van der Waals surface area contributed by atoms with Gasteiger partial charge in [0.15, 0.2) is 0 Å². The average molecular weight is 218 g/mol. The van der Waals surface area contributed by atoms with Crippen LogP contribution in [0.15, 0.2) is 24.3 Å². The first-order valence-electron chi connectivity index (χ1n) is 6.08. The molecule has 0 saturated heterocycles. The Labute approximate surface area is 99.1 Å². The van der Waals surface area contributed by atoms with E-state index in [1.165, 1.54) is 36.8 Å². The first-order valence-corrected chi connectivity index (χ1v) is 6.08. The van der Waals surface area contributed by atoms with Gasteiger partial charge in [-0.15, -0.1) is 0 Å². The number of hydrogen-bond acceptors (Lipinski definition) is 1. The zero-order valence-corrected chi connectivity index (χ0v) is 10.6. The van der Waals surface area contributed by atoms with E-state index >= 15 is 0 Å². The molecule has 0 radical (unpaired) electrons. The normalized spacial score (nSPS) is 10.9. The molecule has 0 fully saturated rings. The van der Waals surface area contributed by atoms with Gasteiger partial charge in [0.2, 0.25) is 0 Å². The van der Waals surface area contributed by atoms with E-state index in [0.717, 1.165) is 5.75 Å². The van der Waals surface area contributed by atoms with E-state index in [2.05, 4.69) is 44.2 Å². The van der Waals surface area contributed by atoms with Gasteiger partial charge in [0.25, 0.3) is 0 Å². The van der Waals surface area contributed by atoms with Crippen LogP contribution in [0.4, 0.5) is 0 Å². The molecule has 0 aliphatic heterocycles. The monoisotopic (exact) mass is 218 g/mol. The van der Waals surface area contributed by atoms with E-state index in [1.54, 1.807) is 7.11 Å². The van der Waals surface area contributed by atoms with Crippen molar-refractivity contribution in [2.24, 2.45) is 0 Å². The molecule has 0 spiro atoms. The van der Waals surface area contributed by atoms with Gasteiger partial charge in [-0.05, 0) is 43.0 Å². The van der Waals surface area contributed by atoms with Crippen LogP contribution in [-0.4, -0.2) is 7.11 Å². The number of hydrogen-bond donors (Lipinski definition) is 0. The number of aryl methyl sites for hydroxylation is 1. The van der Waals surface area contributed by atoms with E-state index in [9.17, 15) is 0 Å². The highest BCUT2D eigenvalue weighted by molar-refractivity contribution is 5.53. The van der Waals surface area contributed by atoms with Crippen molar-refractivity contribution in [2.45, 2.75) is 39.5 Å². The fourth-order valence-corrected chi connectivity index (χ4v) is 1.72. The van der Waals surface area contributed by atoms with E-state index in [1.807, 2.05) is 0 Å². The van der Waals surface area contributed by atoms with Crippen LogP contribution < -0.4 is 4.74 Å². The van der Waals surface area contributed by atoms with Gasteiger partial charge in [0, 0.05) is 0 Å². The zero-order valence-electron chi connectivity index (χ0n) is 10.6. The summed E-state index contributed by atoms with van der Waals surface area (Å²) in [7, 11) is 1.71. The molecule has 1 aromatic carbocycles. The highest BCUT2D eigenvalue weighted by Gasteiger charge is 1.95. The number of benzene rings is 1. The lowest BCUT2D eigenvalue weighted by atomic mass is 10.1. The maximum Gasteiger partial charge on any atom is 0.119 e. The van der Waals surface area contributed by atoms with E-state index in [4.69, 9.17) is 4.74 Å². The molecule has 0 amide bonds. The Balaban J connectivity index is 2.55. The molecule has 0 saturated carbocycles. The van der Waals surface area contributed by atoms with Crippen molar-refractivity contribution in [3.63, 3.8) is 0 Å². The highest BCUT2D eigenvalue weighted by Crippen LogP contribution is 2.17. The Morgan fingerprint density at radius 3 is 2.69 bits per heavy atom.